The van der Waals surface area contributed by atoms with Crippen LogP contribution in [-0.2, 0) is 28.5 Å². The van der Waals surface area contributed by atoms with E-state index in [-0.39, 0.29) is 18.1 Å². The predicted octanol–water partition coefficient (Wildman–Crippen LogP) is 1.21. The molecule has 0 radical (unpaired) electrons. The summed E-state index contributed by atoms with van der Waals surface area (Å²) in [6.07, 6.45) is -1.54. The lowest BCUT2D eigenvalue weighted by atomic mass is 9.80. The largest absolute Gasteiger partial charge is 0.458 e. The maximum Gasteiger partial charge on any atom is 0.334 e. The summed E-state index contributed by atoms with van der Waals surface area (Å²) < 4.78 is 22.8. The van der Waals surface area contributed by atoms with Crippen molar-refractivity contribution < 1.29 is 33.6 Å². The first-order valence-electron chi connectivity index (χ1n) is 9.11. The zero-order chi connectivity index (χ0) is 19.7. The molecule has 1 aliphatic carbocycles. The lowest BCUT2D eigenvalue weighted by Crippen LogP contribution is -2.41. The van der Waals surface area contributed by atoms with Crippen molar-refractivity contribution >= 4 is 11.9 Å². The third-order valence-electron chi connectivity index (χ3n) is 6.15. The van der Waals surface area contributed by atoms with Gasteiger partial charge in [-0.15, -0.1) is 0 Å². The topological polar surface area (TPSA) is 97.9 Å². The molecule has 8 atom stereocenters. The van der Waals surface area contributed by atoms with E-state index in [1.165, 1.54) is 0 Å². The molecule has 3 saturated heterocycles. The Labute approximate surface area is 157 Å². The van der Waals surface area contributed by atoms with Gasteiger partial charge < -0.3 is 24.1 Å². The van der Waals surface area contributed by atoms with E-state index in [0.717, 1.165) is 0 Å². The van der Waals surface area contributed by atoms with Gasteiger partial charge >= 0.3 is 11.9 Å². The third kappa shape index (κ3) is 2.76. The van der Waals surface area contributed by atoms with Gasteiger partial charge in [0.1, 0.15) is 42.2 Å². The van der Waals surface area contributed by atoms with Crippen molar-refractivity contribution in [3.8, 4) is 0 Å². The molecule has 4 rings (SSSR count). The molecular formula is C20H24O7. The second kappa shape index (κ2) is 6.02. The van der Waals surface area contributed by atoms with Crippen molar-refractivity contribution in [3.05, 3.63) is 36.0 Å². The third-order valence-corrected chi connectivity index (χ3v) is 6.15. The van der Waals surface area contributed by atoms with Gasteiger partial charge in [0.05, 0.1) is 5.92 Å². The van der Waals surface area contributed by atoms with Gasteiger partial charge in [0, 0.05) is 17.6 Å². The molecule has 7 heteroatoms. The summed E-state index contributed by atoms with van der Waals surface area (Å²) in [5.41, 5.74) is 0.505. The monoisotopic (exact) mass is 376 g/mol. The average molecular weight is 376 g/mol. The van der Waals surface area contributed by atoms with Crippen LogP contribution in [0.5, 0.6) is 0 Å². The average Bonchev–Trinajstić information content (AvgIpc) is 3.52. The summed E-state index contributed by atoms with van der Waals surface area (Å²) in [5, 5.41) is 10.6. The summed E-state index contributed by atoms with van der Waals surface area (Å²) in [6, 6.07) is 0. The molecule has 1 saturated carbocycles. The Morgan fingerprint density at radius 1 is 1.33 bits per heavy atom. The Kier molecular flexibility index (Phi) is 4.10. The second-order valence-corrected chi connectivity index (χ2v) is 7.89. The molecule has 1 N–H and O–H groups in total. The molecule has 0 aromatic rings. The zero-order valence-corrected chi connectivity index (χ0v) is 15.6. The SMILES string of the molecule is C=C1C(=O)O[C@H]2[C@H]1[C@H](OC(=O)/C(C)=C/C)CC(=C)[C@@H](O)[C@@H]1O[C@@H]1[C@]1(C)O[C@H]21. The number of esters is 2. The van der Waals surface area contributed by atoms with Crippen LogP contribution in [0.25, 0.3) is 0 Å². The Morgan fingerprint density at radius 3 is 2.70 bits per heavy atom. The highest BCUT2D eigenvalue weighted by Gasteiger charge is 2.74. The molecule has 0 unspecified atom stereocenters. The molecule has 4 aliphatic rings. The van der Waals surface area contributed by atoms with Gasteiger partial charge in [0.15, 0.2) is 0 Å². The van der Waals surface area contributed by atoms with E-state index in [4.69, 9.17) is 18.9 Å². The molecule has 3 heterocycles. The van der Waals surface area contributed by atoms with E-state index >= 15 is 0 Å². The van der Waals surface area contributed by atoms with Crippen molar-refractivity contribution in [2.24, 2.45) is 5.92 Å². The normalized spacial score (nSPS) is 46.0. The fourth-order valence-corrected chi connectivity index (χ4v) is 4.18. The van der Waals surface area contributed by atoms with Crippen LogP contribution in [0.3, 0.4) is 0 Å². The van der Waals surface area contributed by atoms with Gasteiger partial charge in [-0.25, -0.2) is 9.59 Å². The highest BCUT2D eigenvalue weighted by Crippen LogP contribution is 2.56. The number of fused-ring (bicyclic) bond motifs is 5. The van der Waals surface area contributed by atoms with Gasteiger partial charge in [-0.1, -0.05) is 19.2 Å². The van der Waals surface area contributed by atoms with E-state index in [0.29, 0.717) is 11.1 Å². The number of carbonyl (C=O) groups excluding carboxylic acids is 2. The van der Waals surface area contributed by atoms with Crippen LogP contribution >= 0.6 is 0 Å². The molecule has 3 aliphatic heterocycles. The Balaban J connectivity index is 1.69. The lowest BCUT2D eigenvalue weighted by Gasteiger charge is -2.29. The summed E-state index contributed by atoms with van der Waals surface area (Å²) in [4.78, 5) is 24.6. The lowest BCUT2D eigenvalue weighted by molar-refractivity contribution is -0.148. The van der Waals surface area contributed by atoms with E-state index in [1.807, 2.05) is 6.92 Å². The number of aliphatic hydroxyl groups is 1. The first kappa shape index (κ1) is 18.4. The Bertz CT molecular complexity index is 768. The van der Waals surface area contributed by atoms with Crippen molar-refractivity contribution in [2.45, 2.75) is 69.4 Å². The molecule has 0 amide bonds. The van der Waals surface area contributed by atoms with Crippen LogP contribution in [0.1, 0.15) is 27.2 Å². The van der Waals surface area contributed by atoms with Crippen molar-refractivity contribution in [1.29, 1.82) is 0 Å². The van der Waals surface area contributed by atoms with Crippen LogP contribution in [0.2, 0.25) is 0 Å². The number of hydrogen-bond acceptors (Lipinski definition) is 7. The molecule has 0 aromatic heterocycles. The molecule has 27 heavy (non-hydrogen) atoms. The number of carbonyl (C=O) groups is 2. The Morgan fingerprint density at radius 2 is 2.04 bits per heavy atom. The zero-order valence-electron chi connectivity index (χ0n) is 15.6. The highest BCUT2D eigenvalue weighted by atomic mass is 16.7. The molecule has 0 aromatic carbocycles. The number of aliphatic hydroxyl groups excluding tert-OH is 1. The van der Waals surface area contributed by atoms with Gasteiger partial charge in [-0.3, -0.25) is 0 Å². The van der Waals surface area contributed by atoms with Crippen LogP contribution in [0, 0.1) is 5.92 Å². The minimum absolute atomic E-state index is 0.177. The number of rotatable bonds is 2. The fraction of sp³-hybridized carbons (Fsp3) is 0.600. The smallest absolute Gasteiger partial charge is 0.334 e. The molecule has 0 bridgehead atoms. The highest BCUT2D eigenvalue weighted by molar-refractivity contribution is 5.91. The van der Waals surface area contributed by atoms with Crippen molar-refractivity contribution in [1.82, 2.24) is 0 Å². The van der Waals surface area contributed by atoms with Gasteiger partial charge in [0.25, 0.3) is 0 Å². The maximum atomic E-state index is 12.4. The van der Waals surface area contributed by atoms with E-state index < -0.39 is 54.0 Å². The van der Waals surface area contributed by atoms with Crippen molar-refractivity contribution in [2.75, 3.05) is 0 Å². The van der Waals surface area contributed by atoms with Gasteiger partial charge in [0.2, 0.25) is 0 Å². The quantitative estimate of drug-likeness (QED) is 0.335. The van der Waals surface area contributed by atoms with E-state index in [2.05, 4.69) is 13.2 Å². The van der Waals surface area contributed by atoms with Crippen LogP contribution in [0.15, 0.2) is 36.0 Å². The van der Waals surface area contributed by atoms with Crippen LogP contribution in [-0.4, -0.2) is 59.3 Å². The summed E-state index contributed by atoms with van der Waals surface area (Å²) in [6.45, 7) is 13.1. The summed E-state index contributed by atoms with van der Waals surface area (Å²) in [7, 11) is 0. The Hall–Kier alpha value is -1.96. The number of epoxide rings is 2. The molecule has 146 valence electrons. The first-order valence-corrected chi connectivity index (χ1v) is 9.11. The van der Waals surface area contributed by atoms with E-state index in [9.17, 15) is 14.7 Å². The number of ether oxygens (including phenoxy) is 4. The van der Waals surface area contributed by atoms with Gasteiger partial charge in [-0.05, 0) is 26.3 Å². The first-order chi connectivity index (χ1) is 12.7. The van der Waals surface area contributed by atoms with Crippen molar-refractivity contribution in [3.63, 3.8) is 0 Å². The molecular weight excluding hydrogens is 352 g/mol. The molecule has 7 nitrogen and oxygen atoms in total. The van der Waals surface area contributed by atoms with E-state index in [1.54, 1.807) is 19.9 Å². The number of hydrogen-bond donors (Lipinski definition) is 1. The standard InChI is InChI=1S/C20H24O7/c1-6-8(2)18(22)24-11-7-9(3)13(21)15-16(25-15)20(5)17(27-20)14-12(11)10(4)19(23)26-14/h6,11-17,21H,3-4,7H2,1-2,5H3/b8-6+/t11-,12-,13-,14+,15+,16+,17-,20+/m1/s1. The maximum absolute atomic E-state index is 12.4. The fourth-order valence-electron chi connectivity index (χ4n) is 4.18. The predicted molar refractivity (Wildman–Crippen MR) is 93.5 cm³/mol. The minimum Gasteiger partial charge on any atom is -0.458 e. The number of allylic oxidation sites excluding steroid dienone is 1. The minimum atomic E-state index is -0.900. The molecule has 0 spiro atoms. The van der Waals surface area contributed by atoms with Crippen LogP contribution in [0.4, 0.5) is 0 Å². The van der Waals surface area contributed by atoms with Crippen LogP contribution < -0.4 is 0 Å². The second-order valence-electron chi connectivity index (χ2n) is 7.89. The molecule has 4 fully saturated rings. The summed E-state index contributed by atoms with van der Waals surface area (Å²) >= 11 is 0. The van der Waals surface area contributed by atoms with Gasteiger partial charge in [-0.2, -0.15) is 0 Å². The summed E-state index contributed by atoms with van der Waals surface area (Å²) in [5.74, 6) is -1.59.